The van der Waals surface area contributed by atoms with E-state index in [9.17, 15) is 8.42 Å². The molecule has 2 heterocycles. The molecule has 118 valence electrons. The molecule has 0 bridgehead atoms. The first-order valence-electron chi connectivity index (χ1n) is 7.85. The summed E-state index contributed by atoms with van der Waals surface area (Å²) in [6, 6.07) is 0.480. The molecule has 1 unspecified atom stereocenters. The second-order valence-corrected chi connectivity index (χ2v) is 8.15. The van der Waals surface area contributed by atoms with Gasteiger partial charge in [0.15, 0.2) is 0 Å². The first kappa shape index (κ1) is 16.2. The van der Waals surface area contributed by atoms with E-state index in [1.54, 1.807) is 4.31 Å². The van der Waals surface area contributed by atoms with Crippen LogP contribution in [0.2, 0.25) is 0 Å². The monoisotopic (exact) mass is 304 g/mol. The van der Waals surface area contributed by atoms with Crippen molar-refractivity contribution in [2.75, 3.05) is 32.8 Å². The topological polar surface area (TPSA) is 58.6 Å². The van der Waals surface area contributed by atoms with Gasteiger partial charge in [-0.25, -0.2) is 12.7 Å². The fraction of sp³-hybridized carbons (Fsp3) is 1.00. The molecule has 2 aliphatic rings. The summed E-state index contributed by atoms with van der Waals surface area (Å²) in [7, 11) is -3.11. The molecule has 2 aliphatic heterocycles. The number of sulfonamides is 1. The summed E-state index contributed by atoms with van der Waals surface area (Å²) in [5.41, 5.74) is 0. The quantitative estimate of drug-likeness (QED) is 0.829. The van der Waals surface area contributed by atoms with Crippen molar-refractivity contribution in [3.05, 3.63) is 0 Å². The number of ether oxygens (including phenoxy) is 1. The molecule has 0 aromatic carbocycles. The lowest BCUT2D eigenvalue weighted by Gasteiger charge is -2.36. The van der Waals surface area contributed by atoms with Gasteiger partial charge < -0.3 is 10.1 Å². The lowest BCUT2D eigenvalue weighted by molar-refractivity contribution is 0.0966. The van der Waals surface area contributed by atoms with Gasteiger partial charge in [-0.15, -0.1) is 0 Å². The van der Waals surface area contributed by atoms with Crippen LogP contribution in [0.15, 0.2) is 0 Å². The number of piperidine rings is 1. The Labute approximate surface area is 123 Å². The SMILES string of the molecule is CCNC(C)C1CCN(S(=O)(=O)C2CCOCC2)CC1. The Morgan fingerprint density at radius 2 is 1.80 bits per heavy atom. The van der Waals surface area contributed by atoms with Gasteiger partial charge in [0, 0.05) is 32.3 Å². The summed E-state index contributed by atoms with van der Waals surface area (Å²) in [4.78, 5) is 0. The van der Waals surface area contributed by atoms with Crippen molar-refractivity contribution in [3.63, 3.8) is 0 Å². The van der Waals surface area contributed by atoms with Crippen molar-refractivity contribution in [3.8, 4) is 0 Å². The van der Waals surface area contributed by atoms with Crippen LogP contribution >= 0.6 is 0 Å². The fourth-order valence-corrected chi connectivity index (χ4v) is 5.23. The highest BCUT2D eigenvalue weighted by Crippen LogP contribution is 2.26. The third-order valence-corrected chi connectivity index (χ3v) is 7.08. The first-order chi connectivity index (χ1) is 9.55. The second-order valence-electron chi connectivity index (χ2n) is 5.94. The maximum atomic E-state index is 12.6. The molecular formula is C14H28N2O3S. The number of hydrogen-bond donors (Lipinski definition) is 1. The molecule has 2 saturated heterocycles. The molecule has 6 heteroatoms. The van der Waals surface area contributed by atoms with Crippen LogP contribution in [-0.2, 0) is 14.8 Å². The van der Waals surface area contributed by atoms with Gasteiger partial charge in [0.1, 0.15) is 0 Å². The number of rotatable bonds is 5. The number of nitrogens with one attached hydrogen (secondary N) is 1. The van der Waals surface area contributed by atoms with Crippen LogP contribution in [-0.4, -0.2) is 56.9 Å². The van der Waals surface area contributed by atoms with Crippen molar-refractivity contribution in [1.29, 1.82) is 0 Å². The minimum Gasteiger partial charge on any atom is -0.381 e. The predicted molar refractivity (Wildman–Crippen MR) is 80.2 cm³/mol. The molecule has 0 spiro atoms. The van der Waals surface area contributed by atoms with Crippen LogP contribution < -0.4 is 5.32 Å². The minimum atomic E-state index is -3.11. The van der Waals surface area contributed by atoms with E-state index >= 15 is 0 Å². The Morgan fingerprint density at radius 3 is 2.35 bits per heavy atom. The van der Waals surface area contributed by atoms with Crippen LogP contribution in [0.3, 0.4) is 0 Å². The van der Waals surface area contributed by atoms with E-state index in [0.29, 0.717) is 51.1 Å². The average molecular weight is 304 g/mol. The largest absolute Gasteiger partial charge is 0.381 e. The summed E-state index contributed by atoms with van der Waals surface area (Å²) in [6.07, 6.45) is 3.24. The van der Waals surface area contributed by atoms with Crippen LogP contribution in [0.5, 0.6) is 0 Å². The van der Waals surface area contributed by atoms with E-state index in [0.717, 1.165) is 19.4 Å². The maximum absolute atomic E-state index is 12.6. The molecule has 1 N–H and O–H groups in total. The van der Waals surface area contributed by atoms with Gasteiger partial charge in [-0.05, 0) is 45.1 Å². The smallest absolute Gasteiger partial charge is 0.217 e. The van der Waals surface area contributed by atoms with E-state index in [-0.39, 0.29) is 5.25 Å². The summed E-state index contributed by atoms with van der Waals surface area (Å²) in [5, 5.41) is 3.22. The standard InChI is InChI=1S/C14H28N2O3S/c1-3-15-12(2)13-4-8-16(9-5-13)20(17,18)14-6-10-19-11-7-14/h12-15H,3-11H2,1-2H3. The number of nitrogens with zero attached hydrogens (tertiary/aromatic N) is 1. The molecule has 0 aromatic rings. The summed E-state index contributed by atoms with van der Waals surface area (Å²) in [5.74, 6) is 0.594. The van der Waals surface area contributed by atoms with Crippen molar-refractivity contribution in [2.45, 2.75) is 50.8 Å². The average Bonchev–Trinajstić information content (AvgIpc) is 2.48. The molecule has 1 atom stereocenters. The number of hydrogen-bond acceptors (Lipinski definition) is 4. The Hall–Kier alpha value is -0.170. The maximum Gasteiger partial charge on any atom is 0.217 e. The van der Waals surface area contributed by atoms with E-state index in [1.165, 1.54) is 0 Å². The van der Waals surface area contributed by atoms with Gasteiger partial charge in [0.2, 0.25) is 10.0 Å². The van der Waals surface area contributed by atoms with Gasteiger partial charge in [0.05, 0.1) is 5.25 Å². The molecule has 0 aliphatic carbocycles. The van der Waals surface area contributed by atoms with Crippen molar-refractivity contribution in [1.82, 2.24) is 9.62 Å². The van der Waals surface area contributed by atoms with Gasteiger partial charge in [-0.1, -0.05) is 6.92 Å². The Bertz CT molecular complexity index is 385. The zero-order valence-corrected chi connectivity index (χ0v) is 13.5. The molecule has 2 fully saturated rings. The van der Waals surface area contributed by atoms with E-state index < -0.39 is 10.0 Å². The van der Waals surface area contributed by atoms with E-state index in [1.807, 2.05) is 0 Å². The van der Waals surface area contributed by atoms with Gasteiger partial charge in [-0.2, -0.15) is 0 Å². The third kappa shape index (κ3) is 3.72. The highest BCUT2D eigenvalue weighted by molar-refractivity contribution is 7.89. The van der Waals surface area contributed by atoms with Crippen LogP contribution in [0, 0.1) is 5.92 Å². The molecule has 0 amide bonds. The minimum absolute atomic E-state index is 0.223. The normalized spacial score (nSPS) is 25.7. The van der Waals surface area contributed by atoms with Crippen molar-refractivity contribution in [2.24, 2.45) is 5.92 Å². The molecule has 20 heavy (non-hydrogen) atoms. The summed E-state index contributed by atoms with van der Waals surface area (Å²) >= 11 is 0. The lowest BCUT2D eigenvalue weighted by atomic mass is 9.91. The highest BCUT2D eigenvalue weighted by atomic mass is 32.2. The molecular weight excluding hydrogens is 276 g/mol. The predicted octanol–water partition coefficient (Wildman–Crippen LogP) is 1.21. The van der Waals surface area contributed by atoms with Gasteiger partial charge in [-0.3, -0.25) is 0 Å². The van der Waals surface area contributed by atoms with Crippen molar-refractivity contribution >= 4 is 10.0 Å². The van der Waals surface area contributed by atoms with E-state index in [2.05, 4.69) is 19.2 Å². The van der Waals surface area contributed by atoms with Crippen molar-refractivity contribution < 1.29 is 13.2 Å². The molecule has 2 rings (SSSR count). The van der Waals surface area contributed by atoms with Crippen LogP contribution in [0.4, 0.5) is 0 Å². The molecule has 5 nitrogen and oxygen atoms in total. The second kappa shape index (κ2) is 7.20. The van der Waals surface area contributed by atoms with Gasteiger partial charge in [0.25, 0.3) is 0 Å². The molecule has 0 aromatic heterocycles. The first-order valence-corrected chi connectivity index (χ1v) is 9.36. The third-order valence-electron chi connectivity index (χ3n) is 4.68. The summed E-state index contributed by atoms with van der Waals surface area (Å²) < 4.78 is 32.2. The van der Waals surface area contributed by atoms with Crippen LogP contribution in [0.1, 0.15) is 39.5 Å². The van der Waals surface area contributed by atoms with E-state index in [4.69, 9.17) is 4.74 Å². The lowest BCUT2D eigenvalue weighted by Crippen LogP contribution is -2.47. The van der Waals surface area contributed by atoms with Gasteiger partial charge >= 0.3 is 0 Å². The zero-order valence-electron chi connectivity index (χ0n) is 12.7. The fourth-order valence-electron chi connectivity index (χ4n) is 3.30. The Morgan fingerprint density at radius 1 is 1.20 bits per heavy atom. The summed E-state index contributed by atoms with van der Waals surface area (Å²) in [6.45, 7) is 7.82. The highest BCUT2D eigenvalue weighted by Gasteiger charge is 2.36. The Balaban J connectivity index is 1.89. The molecule has 0 radical (unpaired) electrons. The Kier molecular flexibility index (Phi) is 5.84. The zero-order chi connectivity index (χ0) is 14.6. The molecule has 0 saturated carbocycles. The van der Waals surface area contributed by atoms with Crippen LogP contribution in [0.25, 0.3) is 0 Å².